The van der Waals surface area contributed by atoms with E-state index in [1.807, 2.05) is 0 Å². The first kappa shape index (κ1) is 15.7. The molecule has 0 saturated carbocycles. The van der Waals surface area contributed by atoms with Gasteiger partial charge in [-0.1, -0.05) is 5.21 Å². The number of halogens is 3. The fourth-order valence-electron chi connectivity index (χ4n) is 2.12. The van der Waals surface area contributed by atoms with Crippen molar-refractivity contribution in [3.05, 3.63) is 47.9 Å². The highest BCUT2D eigenvalue weighted by Gasteiger charge is 2.21. The van der Waals surface area contributed by atoms with E-state index in [1.54, 1.807) is 0 Å². The zero-order chi connectivity index (χ0) is 17.4. The maximum Gasteiger partial charge on any atom is 0.188 e. The van der Waals surface area contributed by atoms with Gasteiger partial charge in [0.15, 0.2) is 34.7 Å². The van der Waals surface area contributed by atoms with E-state index in [4.69, 9.17) is 4.74 Å². The maximum atomic E-state index is 13.9. The second kappa shape index (κ2) is 5.76. The summed E-state index contributed by atoms with van der Waals surface area (Å²) < 4.78 is 46.3. The zero-order valence-corrected chi connectivity index (χ0v) is 12.2. The third-order valence-corrected chi connectivity index (χ3v) is 3.32. The summed E-state index contributed by atoms with van der Waals surface area (Å²) in [4.78, 5) is 0. The van der Waals surface area contributed by atoms with Crippen LogP contribution in [0.3, 0.4) is 0 Å². The van der Waals surface area contributed by atoms with Gasteiger partial charge in [0.05, 0.1) is 13.3 Å². The third kappa shape index (κ3) is 2.49. The lowest BCUT2D eigenvalue weighted by Gasteiger charge is -2.07. The molecule has 0 radical (unpaired) electrons. The van der Waals surface area contributed by atoms with Crippen LogP contribution in [0.2, 0.25) is 0 Å². The molecule has 0 atom stereocenters. The molecule has 9 heteroatoms. The molecule has 0 spiro atoms. The van der Waals surface area contributed by atoms with Gasteiger partial charge in [-0.3, -0.25) is 0 Å². The molecule has 1 aromatic heterocycles. The van der Waals surface area contributed by atoms with Crippen molar-refractivity contribution < 1.29 is 28.1 Å². The minimum Gasteiger partial charge on any atom is -0.504 e. The van der Waals surface area contributed by atoms with Gasteiger partial charge in [0.1, 0.15) is 11.4 Å². The molecule has 1 heterocycles. The summed E-state index contributed by atoms with van der Waals surface area (Å²) in [5, 5.41) is 26.5. The van der Waals surface area contributed by atoms with E-state index in [0.717, 1.165) is 0 Å². The van der Waals surface area contributed by atoms with Crippen molar-refractivity contribution >= 4 is 0 Å². The highest BCUT2D eigenvalue weighted by molar-refractivity contribution is 5.63. The van der Waals surface area contributed by atoms with Crippen molar-refractivity contribution in [2.45, 2.75) is 0 Å². The maximum absolute atomic E-state index is 13.9. The number of hydrogen-bond acceptors (Lipinski definition) is 5. The molecule has 0 amide bonds. The lowest BCUT2D eigenvalue weighted by atomic mass is 10.1. The van der Waals surface area contributed by atoms with E-state index < -0.39 is 28.9 Å². The SMILES string of the molecule is COc1cc(-c2cn(-c3c(O)c(F)cc(F)c3F)nn2)ccc1O. The van der Waals surface area contributed by atoms with Gasteiger partial charge < -0.3 is 14.9 Å². The van der Waals surface area contributed by atoms with Gasteiger partial charge in [0.25, 0.3) is 0 Å². The van der Waals surface area contributed by atoms with Gasteiger partial charge in [0, 0.05) is 11.6 Å². The number of phenolic OH excluding ortho intramolecular Hbond substituents is 2. The number of phenols is 2. The summed E-state index contributed by atoms with van der Waals surface area (Å²) in [6, 6.07) is 4.53. The Balaban J connectivity index is 2.10. The Morgan fingerprint density at radius 2 is 1.83 bits per heavy atom. The summed E-state index contributed by atoms with van der Waals surface area (Å²) in [6.45, 7) is 0. The van der Waals surface area contributed by atoms with Gasteiger partial charge in [-0.2, -0.15) is 0 Å². The van der Waals surface area contributed by atoms with E-state index >= 15 is 0 Å². The van der Waals surface area contributed by atoms with Crippen LogP contribution in [0, 0.1) is 17.5 Å². The van der Waals surface area contributed by atoms with Gasteiger partial charge in [-0.15, -0.1) is 5.10 Å². The first-order valence-electron chi connectivity index (χ1n) is 6.59. The molecule has 0 aliphatic rings. The van der Waals surface area contributed by atoms with Crippen LogP contribution in [0.1, 0.15) is 0 Å². The van der Waals surface area contributed by atoms with Crippen LogP contribution in [0.25, 0.3) is 16.9 Å². The molecule has 124 valence electrons. The normalized spacial score (nSPS) is 10.8. The quantitative estimate of drug-likeness (QED) is 0.719. The lowest BCUT2D eigenvalue weighted by Crippen LogP contribution is -2.03. The highest BCUT2D eigenvalue weighted by Crippen LogP contribution is 2.33. The molecule has 24 heavy (non-hydrogen) atoms. The fraction of sp³-hybridized carbons (Fsp3) is 0.0667. The van der Waals surface area contributed by atoms with Gasteiger partial charge in [-0.25, -0.2) is 17.9 Å². The molecule has 2 N–H and O–H groups in total. The van der Waals surface area contributed by atoms with Crippen LogP contribution in [0.4, 0.5) is 13.2 Å². The first-order chi connectivity index (χ1) is 11.4. The van der Waals surface area contributed by atoms with Crippen molar-refractivity contribution in [2.24, 2.45) is 0 Å². The molecule has 0 unspecified atom stereocenters. The predicted octanol–water partition coefficient (Wildman–Crippen LogP) is 2.77. The van der Waals surface area contributed by atoms with E-state index in [2.05, 4.69) is 10.3 Å². The van der Waals surface area contributed by atoms with E-state index in [1.165, 1.54) is 31.5 Å². The van der Waals surface area contributed by atoms with Crippen molar-refractivity contribution in [3.8, 4) is 34.2 Å². The average Bonchev–Trinajstić information content (AvgIpc) is 3.03. The van der Waals surface area contributed by atoms with Crippen LogP contribution in [0.5, 0.6) is 17.2 Å². The zero-order valence-electron chi connectivity index (χ0n) is 12.2. The molecule has 0 saturated heterocycles. The van der Waals surface area contributed by atoms with E-state index in [-0.39, 0.29) is 23.3 Å². The molecule has 3 aromatic rings. The molecular weight excluding hydrogens is 327 g/mol. The summed E-state index contributed by atoms with van der Waals surface area (Å²) in [7, 11) is 1.36. The van der Waals surface area contributed by atoms with Crippen LogP contribution in [0.15, 0.2) is 30.5 Å². The number of hydrogen-bond donors (Lipinski definition) is 2. The Labute approximate surface area is 133 Å². The summed E-state index contributed by atoms with van der Waals surface area (Å²) in [6.07, 6.45) is 1.17. The number of methoxy groups -OCH3 is 1. The Hall–Kier alpha value is -3.23. The average molecular weight is 337 g/mol. The Morgan fingerprint density at radius 1 is 1.08 bits per heavy atom. The molecule has 0 fully saturated rings. The summed E-state index contributed by atoms with van der Waals surface area (Å²) >= 11 is 0. The third-order valence-electron chi connectivity index (χ3n) is 3.32. The standard InChI is InChI=1S/C15H10F3N3O3/c1-24-12-4-7(2-3-11(12)22)10-6-21(20-19-10)14-13(18)8(16)5-9(17)15(14)23/h2-6,22-23H,1H3. The molecule has 0 aliphatic heterocycles. The van der Waals surface area contributed by atoms with Gasteiger partial charge in [0.2, 0.25) is 0 Å². The Morgan fingerprint density at radius 3 is 2.54 bits per heavy atom. The van der Waals surface area contributed by atoms with Crippen LogP contribution < -0.4 is 4.74 Å². The molecular formula is C15H10F3N3O3. The first-order valence-corrected chi connectivity index (χ1v) is 6.59. The van der Waals surface area contributed by atoms with E-state index in [9.17, 15) is 23.4 Å². The molecule has 0 bridgehead atoms. The Bertz CT molecular complexity index is 902. The molecule has 2 aromatic carbocycles. The fourth-order valence-corrected chi connectivity index (χ4v) is 2.12. The number of aromatic nitrogens is 3. The van der Waals surface area contributed by atoms with Crippen LogP contribution in [-0.2, 0) is 0 Å². The summed E-state index contributed by atoms with van der Waals surface area (Å²) in [5.74, 6) is -5.27. The topological polar surface area (TPSA) is 80.4 Å². The lowest BCUT2D eigenvalue weighted by molar-refractivity contribution is 0.373. The smallest absolute Gasteiger partial charge is 0.188 e. The number of aromatic hydroxyl groups is 2. The molecule has 6 nitrogen and oxygen atoms in total. The molecule has 3 rings (SSSR count). The highest BCUT2D eigenvalue weighted by atomic mass is 19.2. The van der Waals surface area contributed by atoms with Crippen molar-refractivity contribution in [2.75, 3.05) is 7.11 Å². The second-order valence-corrected chi connectivity index (χ2v) is 4.79. The number of nitrogens with zero attached hydrogens (tertiary/aromatic N) is 3. The van der Waals surface area contributed by atoms with E-state index in [0.29, 0.717) is 10.2 Å². The monoisotopic (exact) mass is 337 g/mol. The Kier molecular flexibility index (Phi) is 3.76. The van der Waals surface area contributed by atoms with Gasteiger partial charge in [-0.05, 0) is 18.2 Å². The number of ether oxygens (including phenoxy) is 1. The predicted molar refractivity (Wildman–Crippen MR) is 76.6 cm³/mol. The minimum atomic E-state index is -1.47. The van der Waals surface area contributed by atoms with Gasteiger partial charge >= 0.3 is 0 Å². The number of benzene rings is 2. The largest absolute Gasteiger partial charge is 0.504 e. The number of rotatable bonds is 3. The van der Waals surface area contributed by atoms with Crippen molar-refractivity contribution in [3.63, 3.8) is 0 Å². The van der Waals surface area contributed by atoms with Crippen molar-refractivity contribution in [1.29, 1.82) is 0 Å². The van der Waals surface area contributed by atoms with Crippen LogP contribution in [-0.4, -0.2) is 32.3 Å². The summed E-state index contributed by atoms with van der Waals surface area (Å²) in [5.41, 5.74) is -0.138. The second-order valence-electron chi connectivity index (χ2n) is 4.79. The minimum absolute atomic E-state index is 0.0930. The van der Waals surface area contributed by atoms with Crippen molar-refractivity contribution in [1.82, 2.24) is 15.0 Å². The van der Waals surface area contributed by atoms with Crippen LogP contribution >= 0.6 is 0 Å². The molecule has 0 aliphatic carbocycles.